The molecule has 1 rings (SSSR count). The number of amides is 1. The fraction of sp³-hybridized carbons (Fsp3) is 0.462. The summed E-state index contributed by atoms with van der Waals surface area (Å²) in [5.74, 6) is 0.0859. The van der Waals surface area contributed by atoms with Crippen molar-refractivity contribution in [3.05, 3.63) is 27.3 Å². The van der Waals surface area contributed by atoms with Gasteiger partial charge in [0.1, 0.15) is 0 Å². The maximum Gasteiger partial charge on any atom is 0.241 e. The van der Waals surface area contributed by atoms with Crippen LogP contribution in [0, 0.1) is 16.4 Å². The average Bonchev–Trinajstić information content (AvgIpc) is 2.30. The molecule has 0 saturated carbocycles. The SMILES string of the molecule is CC[C@H](C)[C@H](N)C(=O)Nc1ccc(I)cc1C. The number of nitrogens with one attached hydrogen (secondary N) is 1. The Morgan fingerprint density at radius 3 is 2.71 bits per heavy atom. The molecule has 0 fully saturated rings. The number of aryl methyl sites for hydroxylation is 1. The molecule has 1 amide bonds. The normalized spacial score (nSPS) is 14.2. The van der Waals surface area contributed by atoms with Gasteiger partial charge in [-0.25, -0.2) is 0 Å². The molecular weight excluding hydrogens is 327 g/mol. The van der Waals surface area contributed by atoms with E-state index in [9.17, 15) is 4.79 Å². The van der Waals surface area contributed by atoms with Crippen molar-refractivity contribution in [1.82, 2.24) is 0 Å². The number of rotatable bonds is 4. The molecule has 0 aliphatic heterocycles. The highest BCUT2D eigenvalue weighted by Gasteiger charge is 2.19. The van der Waals surface area contributed by atoms with Gasteiger partial charge >= 0.3 is 0 Å². The molecule has 3 N–H and O–H groups in total. The number of nitrogens with two attached hydrogens (primary N) is 1. The number of benzene rings is 1. The Kier molecular flexibility index (Phi) is 5.39. The van der Waals surface area contributed by atoms with Crippen LogP contribution < -0.4 is 11.1 Å². The third-order valence-corrected chi connectivity index (χ3v) is 3.68. The second-order valence-corrected chi connectivity index (χ2v) is 5.61. The molecule has 4 heteroatoms. The molecule has 0 heterocycles. The first-order chi connectivity index (χ1) is 7.95. The summed E-state index contributed by atoms with van der Waals surface area (Å²) < 4.78 is 1.16. The van der Waals surface area contributed by atoms with Gasteiger partial charge in [-0.3, -0.25) is 4.79 Å². The van der Waals surface area contributed by atoms with Crippen molar-refractivity contribution in [2.75, 3.05) is 5.32 Å². The van der Waals surface area contributed by atoms with Crippen molar-refractivity contribution in [2.24, 2.45) is 11.7 Å². The molecule has 0 aliphatic rings. The monoisotopic (exact) mass is 346 g/mol. The van der Waals surface area contributed by atoms with Gasteiger partial charge in [0.05, 0.1) is 6.04 Å². The first-order valence-corrected chi connectivity index (χ1v) is 6.86. The van der Waals surface area contributed by atoms with Crippen LogP contribution >= 0.6 is 22.6 Å². The molecule has 0 radical (unpaired) electrons. The molecular formula is C13H19IN2O. The summed E-state index contributed by atoms with van der Waals surface area (Å²) in [5.41, 5.74) is 7.78. The van der Waals surface area contributed by atoms with Crippen LogP contribution in [-0.2, 0) is 4.79 Å². The van der Waals surface area contributed by atoms with Crippen LogP contribution in [0.2, 0.25) is 0 Å². The summed E-state index contributed by atoms with van der Waals surface area (Å²) in [6.07, 6.45) is 0.903. The van der Waals surface area contributed by atoms with Crippen LogP contribution in [-0.4, -0.2) is 11.9 Å². The lowest BCUT2D eigenvalue weighted by Gasteiger charge is -2.18. The zero-order chi connectivity index (χ0) is 13.0. The van der Waals surface area contributed by atoms with Crippen LogP contribution in [0.25, 0.3) is 0 Å². The average molecular weight is 346 g/mol. The maximum atomic E-state index is 11.9. The molecule has 0 aromatic heterocycles. The Balaban J connectivity index is 2.74. The van der Waals surface area contributed by atoms with Gasteiger partial charge in [0.15, 0.2) is 0 Å². The lowest BCUT2D eigenvalue weighted by molar-refractivity contribution is -0.118. The highest BCUT2D eigenvalue weighted by molar-refractivity contribution is 14.1. The van der Waals surface area contributed by atoms with Crippen molar-refractivity contribution in [1.29, 1.82) is 0 Å². The lowest BCUT2D eigenvalue weighted by atomic mass is 9.99. The minimum atomic E-state index is -0.446. The van der Waals surface area contributed by atoms with Crippen molar-refractivity contribution in [3.8, 4) is 0 Å². The van der Waals surface area contributed by atoms with Gasteiger partial charge in [-0.1, -0.05) is 20.3 Å². The molecule has 0 bridgehead atoms. The zero-order valence-electron chi connectivity index (χ0n) is 10.5. The van der Waals surface area contributed by atoms with Gasteiger partial charge < -0.3 is 11.1 Å². The summed E-state index contributed by atoms with van der Waals surface area (Å²) in [6, 6.07) is 5.47. The predicted molar refractivity (Wildman–Crippen MR) is 80.0 cm³/mol. The summed E-state index contributed by atoms with van der Waals surface area (Å²) in [5, 5.41) is 2.89. The summed E-state index contributed by atoms with van der Waals surface area (Å²) in [7, 11) is 0. The second kappa shape index (κ2) is 6.35. The zero-order valence-corrected chi connectivity index (χ0v) is 12.6. The van der Waals surface area contributed by atoms with Crippen molar-refractivity contribution in [2.45, 2.75) is 33.2 Å². The van der Waals surface area contributed by atoms with Crippen LogP contribution in [0.4, 0.5) is 5.69 Å². The molecule has 1 aromatic carbocycles. The van der Waals surface area contributed by atoms with Crippen LogP contribution in [0.1, 0.15) is 25.8 Å². The highest BCUT2D eigenvalue weighted by atomic mass is 127. The predicted octanol–water partition coefficient (Wildman–Crippen LogP) is 2.91. The molecule has 0 saturated heterocycles. The van der Waals surface area contributed by atoms with Gasteiger partial charge in [0.2, 0.25) is 5.91 Å². The molecule has 1 aromatic rings. The number of halogens is 1. The number of hydrogen-bond donors (Lipinski definition) is 2. The van der Waals surface area contributed by atoms with E-state index in [1.165, 1.54) is 0 Å². The van der Waals surface area contributed by atoms with E-state index in [-0.39, 0.29) is 11.8 Å². The maximum absolute atomic E-state index is 11.9. The molecule has 3 nitrogen and oxygen atoms in total. The fourth-order valence-corrected chi connectivity index (χ4v) is 2.14. The van der Waals surface area contributed by atoms with E-state index in [4.69, 9.17) is 5.73 Å². The number of anilines is 1. The standard InChI is InChI=1S/C13H19IN2O/c1-4-8(2)12(15)13(17)16-11-6-5-10(14)7-9(11)3/h5-8,12H,4,15H2,1-3H3,(H,16,17)/t8-,12-/m0/s1. The summed E-state index contributed by atoms with van der Waals surface area (Å²) in [6.45, 7) is 6.01. The van der Waals surface area contributed by atoms with Gasteiger partial charge in [-0.05, 0) is 59.2 Å². The summed E-state index contributed by atoms with van der Waals surface area (Å²) >= 11 is 2.25. The van der Waals surface area contributed by atoms with Crippen LogP contribution in [0.15, 0.2) is 18.2 Å². The van der Waals surface area contributed by atoms with E-state index in [0.717, 1.165) is 21.2 Å². The quantitative estimate of drug-likeness (QED) is 0.824. The Morgan fingerprint density at radius 1 is 1.53 bits per heavy atom. The fourth-order valence-electron chi connectivity index (χ4n) is 1.50. The van der Waals surface area contributed by atoms with Gasteiger partial charge in [-0.2, -0.15) is 0 Å². The Hall–Kier alpha value is -0.620. The largest absolute Gasteiger partial charge is 0.324 e. The molecule has 0 aliphatic carbocycles. The van der Waals surface area contributed by atoms with E-state index in [0.29, 0.717) is 0 Å². The van der Waals surface area contributed by atoms with Crippen molar-refractivity contribution in [3.63, 3.8) is 0 Å². The number of carbonyl (C=O) groups excluding carboxylic acids is 1. The van der Waals surface area contributed by atoms with Crippen molar-refractivity contribution >= 4 is 34.2 Å². The van der Waals surface area contributed by atoms with Gasteiger partial charge in [-0.15, -0.1) is 0 Å². The Morgan fingerprint density at radius 2 is 2.18 bits per heavy atom. The Labute approximate surface area is 116 Å². The first kappa shape index (κ1) is 14.4. The first-order valence-electron chi connectivity index (χ1n) is 5.78. The number of carbonyl (C=O) groups is 1. The Bertz CT molecular complexity index is 406. The van der Waals surface area contributed by atoms with Crippen molar-refractivity contribution < 1.29 is 4.79 Å². The molecule has 0 unspecified atom stereocenters. The smallest absolute Gasteiger partial charge is 0.241 e. The van der Waals surface area contributed by atoms with E-state index in [2.05, 4.69) is 27.9 Å². The minimum absolute atomic E-state index is 0.108. The third kappa shape index (κ3) is 3.96. The summed E-state index contributed by atoms with van der Waals surface area (Å²) in [4.78, 5) is 11.9. The highest BCUT2D eigenvalue weighted by Crippen LogP contribution is 2.18. The minimum Gasteiger partial charge on any atom is -0.324 e. The van der Waals surface area contributed by atoms with E-state index < -0.39 is 6.04 Å². The third-order valence-electron chi connectivity index (χ3n) is 3.01. The van der Waals surface area contributed by atoms with Crippen LogP contribution in [0.3, 0.4) is 0 Å². The second-order valence-electron chi connectivity index (χ2n) is 4.36. The number of hydrogen-bond acceptors (Lipinski definition) is 2. The molecule has 17 heavy (non-hydrogen) atoms. The molecule has 94 valence electrons. The van der Waals surface area contributed by atoms with E-state index in [1.54, 1.807) is 0 Å². The molecule has 0 spiro atoms. The van der Waals surface area contributed by atoms with E-state index in [1.807, 2.05) is 39.0 Å². The molecule has 2 atom stereocenters. The topological polar surface area (TPSA) is 55.1 Å². The van der Waals surface area contributed by atoms with E-state index >= 15 is 0 Å². The van der Waals surface area contributed by atoms with Gasteiger partial charge in [0, 0.05) is 9.26 Å². The van der Waals surface area contributed by atoms with Gasteiger partial charge in [0.25, 0.3) is 0 Å². The van der Waals surface area contributed by atoms with Crippen LogP contribution in [0.5, 0.6) is 0 Å². The lowest BCUT2D eigenvalue weighted by Crippen LogP contribution is -2.40.